The fourth-order valence-electron chi connectivity index (χ4n) is 5.47. The van der Waals surface area contributed by atoms with Crippen LogP contribution in [0.5, 0.6) is 28.2 Å². The zero-order chi connectivity index (χ0) is 38.6. The molecule has 2 aliphatic carbocycles. The third-order valence-corrected chi connectivity index (χ3v) is 11.3. The monoisotopic (exact) mass is 798 g/mol. The van der Waals surface area contributed by atoms with Gasteiger partial charge in [-0.2, -0.15) is 0 Å². The Morgan fingerprint density at radius 3 is 1.78 bits per heavy atom. The van der Waals surface area contributed by atoms with Crippen molar-refractivity contribution in [2.45, 2.75) is 78.1 Å². The predicted octanol–water partition coefficient (Wildman–Crippen LogP) is 11.8. The van der Waals surface area contributed by atoms with E-state index >= 15 is 0 Å². The first-order valence-corrected chi connectivity index (χ1v) is 21.1. The molecule has 55 heavy (non-hydrogen) atoms. The van der Waals surface area contributed by atoms with Crippen LogP contribution in [-0.2, 0) is 22.4 Å². The summed E-state index contributed by atoms with van der Waals surface area (Å²) in [6.07, 6.45) is 8.67. The first kappa shape index (κ1) is 40.2. The standard InChI is InChI=1S/C22H23NO3S.C15H20O3.C7H4ClNS/c1-2-17(24)11-9-15-10-12-19(20(13-15)25-14-16-7-8-16)26-22-23-18-5-3-4-6-21(18)27-22;1-2-13(16)7-5-11-6-8-14(17)15(9-11)18-10-12-3-4-12;8-7-9-5-3-1-2-4-6(5)10-7/h3-6,10,12-13,16H,2,7-9,11,14H2,1H3;6,8-9,12,17H,2-5,7,10H2,1H3;1-4H. The van der Waals surface area contributed by atoms with Crippen LogP contribution in [0.15, 0.2) is 84.9 Å². The van der Waals surface area contributed by atoms with Gasteiger partial charge in [-0.3, -0.25) is 9.59 Å². The lowest BCUT2D eigenvalue weighted by Gasteiger charge is -2.12. The van der Waals surface area contributed by atoms with Crippen molar-refractivity contribution in [2.24, 2.45) is 11.8 Å². The molecule has 8 rings (SSSR count). The van der Waals surface area contributed by atoms with E-state index in [0.29, 0.717) is 78.3 Å². The van der Waals surface area contributed by atoms with Gasteiger partial charge in [-0.1, -0.05) is 73.2 Å². The van der Waals surface area contributed by atoms with Crippen molar-refractivity contribution in [3.63, 3.8) is 0 Å². The number of carbonyl (C=O) groups is 2. The summed E-state index contributed by atoms with van der Waals surface area (Å²) < 4.78 is 20.6. The van der Waals surface area contributed by atoms with Gasteiger partial charge in [0.05, 0.1) is 33.6 Å². The van der Waals surface area contributed by atoms with Crippen LogP contribution in [0.1, 0.15) is 76.3 Å². The normalized spacial score (nSPS) is 13.4. The van der Waals surface area contributed by atoms with Crippen LogP contribution in [0, 0.1) is 11.8 Å². The third kappa shape index (κ3) is 12.8. The van der Waals surface area contributed by atoms with Gasteiger partial charge in [0.15, 0.2) is 27.5 Å². The Bertz CT molecular complexity index is 2130. The zero-order valence-electron chi connectivity index (χ0n) is 31.3. The molecule has 0 radical (unpaired) electrons. The average molecular weight is 799 g/mol. The van der Waals surface area contributed by atoms with Crippen molar-refractivity contribution in [1.29, 1.82) is 0 Å². The van der Waals surface area contributed by atoms with Crippen LogP contribution < -0.4 is 14.2 Å². The number of aromatic nitrogens is 2. The van der Waals surface area contributed by atoms with Crippen molar-refractivity contribution < 1.29 is 28.9 Å². The molecule has 0 bridgehead atoms. The lowest BCUT2D eigenvalue weighted by Crippen LogP contribution is -2.02. The first-order chi connectivity index (χ1) is 26.8. The number of phenols is 1. The van der Waals surface area contributed by atoms with Gasteiger partial charge in [-0.25, -0.2) is 9.97 Å². The maximum Gasteiger partial charge on any atom is 0.279 e. The van der Waals surface area contributed by atoms with E-state index in [1.165, 1.54) is 48.4 Å². The fraction of sp³-hybridized carbons (Fsp3) is 0.364. The minimum absolute atomic E-state index is 0.182. The number of hydrogen-bond acceptors (Lipinski definition) is 10. The van der Waals surface area contributed by atoms with Gasteiger partial charge in [0.2, 0.25) is 0 Å². The highest BCUT2D eigenvalue weighted by atomic mass is 35.5. The summed E-state index contributed by atoms with van der Waals surface area (Å²) >= 11 is 8.72. The third-order valence-electron chi connectivity index (χ3n) is 9.29. The molecule has 2 saturated carbocycles. The molecule has 4 aromatic carbocycles. The zero-order valence-corrected chi connectivity index (χ0v) is 33.7. The number of hydrogen-bond donors (Lipinski definition) is 1. The van der Waals surface area contributed by atoms with Crippen LogP contribution in [0.4, 0.5) is 0 Å². The number of Topliss-reactive ketones (excluding diaryl/α,β-unsaturated/α-hetero) is 2. The van der Waals surface area contributed by atoms with Gasteiger partial charge in [-0.05, 0) is 110 Å². The molecule has 0 amide bonds. The van der Waals surface area contributed by atoms with E-state index in [9.17, 15) is 14.7 Å². The Labute approximate surface area is 335 Å². The maximum absolute atomic E-state index is 11.6. The molecule has 2 heterocycles. The fourth-order valence-corrected chi connectivity index (χ4v) is 7.33. The van der Waals surface area contributed by atoms with Crippen LogP contribution in [0.3, 0.4) is 0 Å². The van der Waals surface area contributed by atoms with E-state index in [2.05, 4.69) is 9.97 Å². The molecule has 8 nitrogen and oxygen atoms in total. The number of fused-ring (bicyclic) bond motifs is 2. The molecular weight excluding hydrogens is 752 g/mol. The van der Waals surface area contributed by atoms with Gasteiger partial charge >= 0.3 is 0 Å². The lowest BCUT2D eigenvalue weighted by molar-refractivity contribution is -0.119. The number of thiazole rings is 2. The number of aryl methyl sites for hydroxylation is 2. The number of rotatable bonds is 16. The highest BCUT2D eigenvalue weighted by Gasteiger charge is 2.24. The van der Waals surface area contributed by atoms with Crippen molar-refractivity contribution in [3.8, 4) is 28.2 Å². The number of benzene rings is 4. The Morgan fingerprint density at radius 2 is 1.22 bits per heavy atom. The van der Waals surface area contributed by atoms with Crippen LogP contribution in [-0.4, -0.2) is 39.9 Å². The second-order valence-electron chi connectivity index (χ2n) is 13.9. The summed E-state index contributed by atoms with van der Waals surface area (Å²) in [5.41, 5.74) is 4.06. The number of para-hydroxylation sites is 2. The minimum atomic E-state index is 0.182. The molecule has 0 atom stereocenters. The summed E-state index contributed by atoms with van der Waals surface area (Å²) in [5, 5.41) is 10.3. The summed E-state index contributed by atoms with van der Waals surface area (Å²) in [4.78, 5) is 31.5. The van der Waals surface area contributed by atoms with Gasteiger partial charge in [0.25, 0.3) is 5.19 Å². The molecule has 2 aromatic heterocycles. The van der Waals surface area contributed by atoms with Crippen LogP contribution in [0.25, 0.3) is 20.4 Å². The Hall–Kier alpha value is -4.51. The van der Waals surface area contributed by atoms with Crippen molar-refractivity contribution >= 4 is 66.3 Å². The largest absolute Gasteiger partial charge is 0.504 e. The number of nitrogens with zero attached hydrogens (tertiary/aromatic N) is 2. The molecule has 0 aliphatic heterocycles. The number of halogens is 1. The Balaban J connectivity index is 0.000000157. The molecule has 288 valence electrons. The predicted molar refractivity (Wildman–Crippen MR) is 223 cm³/mol. The topological polar surface area (TPSA) is 108 Å². The van der Waals surface area contributed by atoms with Crippen molar-refractivity contribution in [1.82, 2.24) is 9.97 Å². The summed E-state index contributed by atoms with van der Waals surface area (Å²) in [6, 6.07) is 27.2. The molecular formula is C44H47ClN2O6S2. The lowest BCUT2D eigenvalue weighted by atomic mass is 10.1. The highest BCUT2D eigenvalue weighted by Crippen LogP contribution is 2.38. The first-order valence-electron chi connectivity index (χ1n) is 19.0. The van der Waals surface area contributed by atoms with E-state index < -0.39 is 0 Å². The van der Waals surface area contributed by atoms with Crippen molar-refractivity contribution in [3.05, 3.63) is 101 Å². The number of ketones is 2. The van der Waals surface area contributed by atoms with E-state index in [4.69, 9.17) is 25.8 Å². The second kappa shape index (κ2) is 19.9. The maximum atomic E-state index is 11.6. The van der Waals surface area contributed by atoms with E-state index in [1.54, 1.807) is 6.07 Å². The molecule has 2 fully saturated rings. The summed E-state index contributed by atoms with van der Waals surface area (Å²) in [5.74, 6) is 4.02. The SMILES string of the molecule is CCC(=O)CCc1ccc(O)c(OCC2CC2)c1.CCC(=O)CCc1ccc(Oc2nc3ccccc3s2)c(OCC2CC2)c1.Clc1nc2ccccc2s1. The van der Waals surface area contributed by atoms with Gasteiger partial charge in [0.1, 0.15) is 11.6 Å². The van der Waals surface area contributed by atoms with Gasteiger partial charge in [-0.15, -0.1) is 11.3 Å². The highest BCUT2D eigenvalue weighted by molar-refractivity contribution is 7.22. The molecule has 6 aromatic rings. The average Bonchev–Trinajstić information content (AvgIpc) is 4.14. The van der Waals surface area contributed by atoms with Crippen LogP contribution in [0.2, 0.25) is 4.47 Å². The summed E-state index contributed by atoms with van der Waals surface area (Å²) in [7, 11) is 0. The quantitative estimate of drug-likeness (QED) is 0.103. The van der Waals surface area contributed by atoms with Gasteiger partial charge < -0.3 is 19.3 Å². The Kier molecular flexibility index (Phi) is 14.5. The number of aromatic hydroxyl groups is 1. The number of ether oxygens (including phenoxy) is 3. The molecule has 0 spiro atoms. The van der Waals surface area contributed by atoms with E-state index in [-0.39, 0.29) is 17.3 Å². The smallest absolute Gasteiger partial charge is 0.279 e. The summed E-state index contributed by atoms with van der Waals surface area (Å²) in [6.45, 7) is 5.18. The minimum Gasteiger partial charge on any atom is -0.504 e. The molecule has 0 unspecified atom stereocenters. The van der Waals surface area contributed by atoms with E-state index in [0.717, 1.165) is 43.7 Å². The molecule has 2 aliphatic rings. The molecule has 1 N–H and O–H groups in total. The number of carbonyl (C=O) groups excluding carboxylic acids is 2. The second-order valence-corrected chi connectivity index (χ2v) is 16.5. The van der Waals surface area contributed by atoms with E-state index in [1.807, 2.05) is 92.7 Å². The molecule has 11 heteroatoms. The number of phenolic OH excluding ortho intramolecular Hbond substituents is 1. The Morgan fingerprint density at radius 1 is 0.691 bits per heavy atom. The van der Waals surface area contributed by atoms with Gasteiger partial charge in [0, 0.05) is 25.7 Å². The van der Waals surface area contributed by atoms with Crippen molar-refractivity contribution in [2.75, 3.05) is 13.2 Å². The molecule has 0 saturated heterocycles. The van der Waals surface area contributed by atoms with Crippen LogP contribution >= 0.6 is 34.3 Å².